The topological polar surface area (TPSA) is 49.4 Å². The van der Waals surface area contributed by atoms with Crippen molar-refractivity contribution in [3.63, 3.8) is 0 Å². The molecule has 3 rings (SSSR count). The van der Waals surface area contributed by atoms with E-state index in [9.17, 15) is 9.59 Å². The van der Waals surface area contributed by atoms with Crippen LogP contribution in [0.3, 0.4) is 0 Å². The SMILES string of the molecule is Cc1ccc(CN(C(=O)CCl)[C@@H](C(=O)NC2CCCCCC2)c2ccc(C)cc2)cc1. The van der Waals surface area contributed by atoms with E-state index in [4.69, 9.17) is 11.6 Å². The summed E-state index contributed by atoms with van der Waals surface area (Å²) in [5, 5.41) is 3.25. The van der Waals surface area contributed by atoms with Crippen LogP contribution in [0, 0.1) is 13.8 Å². The Morgan fingerprint density at radius 3 is 2.03 bits per heavy atom. The number of amides is 2. The van der Waals surface area contributed by atoms with Gasteiger partial charge in [-0.25, -0.2) is 0 Å². The fourth-order valence-electron chi connectivity index (χ4n) is 4.22. The van der Waals surface area contributed by atoms with E-state index in [0.717, 1.165) is 47.9 Å². The molecule has 5 heteroatoms. The first kappa shape index (κ1) is 23.3. The Labute approximate surface area is 191 Å². The summed E-state index contributed by atoms with van der Waals surface area (Å²) in [5.41, 5.74) is 4.05. The summed E-state index contributed by atoms with van der Waals surface area (Å²) in [4.78, 5) is 28.1. The number of aryl methyl sites for hydroxylation is 2. The zero-order valence-corrected chi connectivity index (χ0v) is 19.3. The van der Waals surface area contributed by atoms with Gasteiger partial charge in [0.05, 0.1) is 0 Å². The molecule has 0 aromatic heterocycles. The number of nitrogens with one attached hydrogen (secondary N) is 1. The molecule has 1 fully saturated rings. The molecule has 1 N–H and O–H groups in total. The molecule has 2 aromatic carbocycles. The lowest BCUT2D eigenvalue weighted by atomic mass is 10.00. The van der Waals surface area contributed by atoms with Crippen molar-refractivity contribution in [3.8, 4) is 0 Å². The Kier molecular flexibility index (Phi) is 8.53. The summed E-state index contributed by atoms with van der Waals surface area (Å²) in [5.74, 6) is -0.532. The molecule has 0 spiro atoms. The highest BCUT2D eigenvalue weighted by Crippen LogP contribution is 2.26. The van der Waals surface area contributed by atoms with E-state index in [2.05, 4.69) is 5.32 Å². The van der Waals surface area contributed by atoms with Crippen molar-refractivity contribution in [3.05, 3.63) is 70.8 Å². The molecule has 0 unspecified atom stereocenters. The van der Waals surface area contributed by atoms with Crippen molar-refractivity contribution in [2.24, 2.45) is 0 Å². The van der Waals surface area contributed by atoms with Gasteiger partial charge in [-0.05, 0) is 37.8 Å². The Morgan fingerprint density at radius 1 is 0.935 bits per heavy atom. The minimum Gasteiger partial charge on any atom is -0.351 e. The molecule has 0 radical (unpaired) electrons. The van der Waals surface area contributed by atoms with E-state index in [-0.39, 0.29) is 23.7 Å². The van der Waals surface area contributed by atoms with Gasteiger partial charge < -0.3 is 10.2 Å². The van der Waals surface area contributed by atoms with Gasteiger partial charge in [-0.1, -0.05) is 85.3 Å². The molecule has 0 aliphatic heterocycles. The first-order chi connectivity index (χ1) is 15.0. The molecule has 1 atom stereocenters. The minimum absolute atomic E-state index is 0.124. The third-order valence-electron chi connectivity index (χ3n) is 6.06. The quantitative estimate of drug-likeness (QED) is 0.459. The van der Waals surface area contributed by atoms with Gasteiger partial charge >= 0.3 is 0 Å². The van der Waals surface area contributed by atoms with E-state index in [0.29, 0.717) is 6.54 Å². The largest absolute Gasteiger partial charge is 0.351 e. The number of halogens is 1. The summed E-state index contributed by atoms with van der Waals surface area (Å²) < 4.78 is 0. The van der Waals surface area contributed by atoms with Crippen LogP contribution in [0.2, 0.25) is 0 Å². The summed E-state index contributed by atoms with van der Waals surface area (Å²) in [7, 11) is 0. The lowest BCUT2D eigenvalue weighted by Gasteiger charge is -2.32. The van der Waals surface area contributed by atoms with E-state index in [1.165, 1.54) is 12.8 Å². The number of rotatable bonds is 7. The standard InChI is InChI=1S/C26H33ClN2O2/c1-19-9-13-21(14-10-19)18-29(24(30)17-27)25(22-15-11-20(2)12-16-22)26(31)28-23-7-5-3-4-6-8-23/h9-16,23,25H,3-8,17-18H2,1-2H3,(H,28,31)/t25-/m1/s1. The van der Waals surface area contributed by atoms with Gasteiger partial charge in [0, 0.05) is 12.6 Å². The molecule has 4 nitrogen and oxygen atoms in total. The molecular weight excluding hydrogens is 408 g/mol. The predicted molar refractivity (Wildman–Crippen MR) is 126 cm³/mol. The van der Waals surface area contributed by atoms with Crippen LogP contribution >= 0.6 is 11.6 Å². The fourth-order valence-corrected chi connectivity index (χ4v) is 4.37. The van der Waals surface area contributed by atoms with Gasteiger partial charge in [0.1, 0.15) is 11.9 Å². The van der Waals surface area contributed by atoms with Crippen LogP contribution in [0.5, 0.6) is 0 Å². The highest BCUT2D eigenvalue weighted by atomic mass is 35.5. The summed E-state index contributed by atoms with van der Waals surface area (Å²) in [6, 6.07) is 15.3. The van der Waals surface area contributed by atoms with Crippen molar-refractivity contribution in [1.82, 2.24) is 10.2 Å². The van der Waals surface area contributed by atoms with Gasteiger partial charge in [0.25, 0.3) is 0 Å². The van der Waals surface area contributed by atoms with E-state index in [1.54, 1.807) is 4.90 Å². The maximum absolute atomic E-state index is 13.6. The van der Waals surface area contributed by atoms with E-state index < -0.39 is 6.04 Å². The van der Waals surface area contributed by atoms with Crippen LogP contribution in [-0.4, -0.2) is 28.6 Å². The lowest BCUT2D eigenvalue weighted by molar-refractivity contribution is -0.140. The molecular formula is C26H33ClN2O2. The van der Waals surface area contributed by atoms with Crippen LogP contribution in [0.4, 0.5) is 0 Å². The number of carbonyl (C=O) groups excluding carboxylic acids is 2. The molecule has 2 aromatic rings. The van der Waals surface area contributed by atoms with E-state index in [1.807, 2.05) is 62.4 Å². The Hall–Kier alpha value is -2.33. The lowest BCUT2D eigenvalue weighted by Crippen LogP contribution is -2.46. The second-order valence-corrected chi connectivity index (χ2v) is 8.92. The number of hydrogen-bond donors (Lipinski definition) is 1. The van der Waals surface area contributed by atoms with Crippen molar-refractivity contribution < 1.29 is 9.59 Å². The van der Waals surface area contributed by atoms with Crippen molar-refractivity contribution >= 4 is 23.4 Å². The predicted octanol–water partition coefficient (Wildman–Crippen LogP) is 5.45. The molecule has 1 aliphatic carbocycles. The molecule has 0 heterocycles. The second-order valence-electron chi connectivity index (χ2n) is 8.65. The van der Waals surface area contributed by atoms with Gasteiger partial charge in [-0.2, -0.15) is 0 Å². The molecule has 1 saturated carbocycles. The third kappa shape index (κ3) is 6.57. The average molecular weight is 441 g/mol. The summed E-state index contributed by atoms with van der Waals surface area (Å²) in [6.45, 7) is 4.38. The highest BCUT2D eigenvalue weighted by molar-refractivity contribution is 6.27. The summed E-state index contributed by atoms with van der Waals surface area (Å²) >= 11 is 5.99. The maximum Gasteiger partial charge on any atom is 0.247 e. The van der Waals surface area contributed by atoms with Gasteiger partial charge in [0.2, 0.25) is 11.8 Å². The molecule has 1 aliphatic rings. The van der Waals surface area contributed by atoms with E-state index >= 15 is 0 Å². The van der Waals surface area contributed by atoms with Crippen molar-refractivity contribution in [1.29, 1.82) is 0 Å². The van der Waals surface area contributed by atoms with Crippen molar-refractivity contribution in [2.75, 3.05) is 5.88 Å². The monoisotopic (exact) mass is 440 g/mol. The zero-order chi connectivity index (χ0) is 22.2. The van der Waals surface area contributed by atoms with Crippen LogP contribution in [-0.2, 0) is 16.1 Å². The number of hydrogen-bond acceptors (Lipinski definition) is 2. The Bertz CT molecular complexity index is 856. The normalized spacial score (nSPS) is 15.7. The van der Waals surface area contributed by atoms with Crippen LogP contribution < -0.4 is 5.32 Å². The highest BCUT2D eigenvalue weighted by Gasteiger charge is 2.32. The van der Waals surface area contributed by atoms with Gasteiger partial charge in [-0.15, -0.1) is 11.6 Å². The number of benzene rings is 2. The second kappa shape index (κ2) is 11.3. The molecule has 2 amide bonds. The number of nitrogens with zero attached hydrogens (tertiary/aromatic N) is 1. The summed E-state index contributed by atoms with van der Waals surface area (Å²) in [6.07, 6.45) is 6.69. The Morgan fingerprint density at radius 2 is 1.48 bits per heavy atom. The Balaban J connectivity index is 1.92. The average Bonchev–Trinajstić information content (AvgIpc) is 3.04. The smallest absolute Gasteiger partial charge is 0.247 e. The third-order valence-corrected chi connectivity index (χ3v) is 6.29. The molecule has 0 bridgehead atoms. The fraction of sp³-hybridized carbons (Fsp3) is 0.462. The van der Waals surface area contributed by atoms with Gasteiger partial charge in [0.15, 0.2) is 0 Å². The zero-order valence-electron chi connectivity index (χ0n) is 18.6. The first-order valence-electron chi connectivity index (χ1n) is 11.3. The molecule has 31 heavy (non-hydrogen) atoms. The van der Waals surface area contributed by atoms with Crippen LogP contribution in [0.1, 0.15) is 66.8 Å². The van der Waals surface area contributed by atoms with Gasteiger partial charge in [-0.3, -0.25) is 9.59 Å². The maximum atomic E-state index is 13.6. The van der Waals surface area contributed by atoms with Crippen LogP contribution in [0.25, 0.3) is 0 Å². The first-order valence-corrected chi connectivity index (χ1v) is 11.8. The number of carbonyl (C=O) groups is 2. The molecule has 166 valence electrons. The van der Waals surface area contributed by atoms with Crippen molar-refractivity contribution in [2.45, 2.75) is 71.0 Å². The molecule has 0 saturated heterocycles. The minimum atomic E-state index is -0.712. The number of alkyl halides is 1. The van der Waals surface area contributed by atoms with Crippen LogP contribution in [0.15, 0.2) is 48.5 Å².